The van der Waals surface area contributed by atoms with Gasteiger partial charge in [-0.2, -0.15) is 0 Å². The Morgan fingerprint density at radius 2 is 1.97 bits per heavy atom. The fraction of sp³-hybridized carbons (Fsp3) is 0.296. The Bertz CT molecular complexity index is 1510. The van der Waals surface area contributed by atoms with E-state index in [1.807, 2.05) is 42.6 Å². The minimum atomic E-state index is -0.134. The Labute approximate surface area is 208 Å². The Kier molecular flexibility index (Phi) is 6.73. The lowest BCUT2D eigenvalue weighted by Gasteiger charge is -2.30. The number of H-pyrrole nitrogens is 1. The van der Waals surface area contributed by atoms with Crippen molar-refractivity contribution in [3.05, 3.63) is 105 Å². The van der Waals surface area contributed by atoms with Crippen LogP contribution in [0.25, 0.3) is 10.9 Å². The van der Waals surface area contributed by atoms with Gasteiger partial charge in [0.1, 0.15) is 12.3 Å². The summed E-state index contributed by atoms with van der Waals surface area (Å²) in [7, 11) is 0. The Morgan fingerprint density at radius 1 is 1.11 bits per heavy atom. The number of pyridine rings is 2. The van der Waals surface area contributed by atoms with Crippen LogP contribution in [0.3, 0.4) is 0 Å². The van der Waals surface area contributed by atoms with Gasteiger partial charge >= 0.3 is 0 Å². The van der Waals surface area contributed by atoms with Gasteiger partial charge in [0.25, 0.3) is 5.56 Å². The number of furan rings is 1. The highest BCUT2D eigenvalue weighted by Crippen LogP contribution is 2.27. The standard InChI is InChI=1S/C27H29N7O2/c1-4-25(26-30-31-32-34(26)17-23-8-6-10-36-23)33(15-20-7-5-9-28-14-20)16-22-13-21-11-18(2)19(3)12-24(21)29-27(22)35/h5-14,25H,4,15-17H2,1-3H3,(H,29,35). The maximum atomic E-state index is 13.1. The van der Waals surface area contributed by atoms with Crippen molar-refractivity contribution < 1.29 is 4.42 Å². The van der Waals surface area contributed by atoms with E-state index in [1.165, 1.54) is 5.56 Å². The van der Waals surface area contributed by atoms with Crippen molar-refractivity contribution in [1.82, 2.24) is 35.1 Å². The molecule has 0 fully saturated rings. The lowest BCUT2D eigenvalue weighted by atomic mass is 10.0. The third-order valence-electron chi connectivity index (χ3n) is 6.59. The second kappa shape index (κ2) is 10.2. The smallest absolute Gasteiger partial charge is 0.252 e. The molecule has 0 saturated heterocycles. The molecule has 0 bridgehead atoms. The molecule has 36 heavy (non-hydrogen) atoms. The summed E-state index contributed by atoms with van der Waals surface area (Å²) < 4.78 is 7.28. The van der Waals surface area contributed by atoms with Crippen molar-refractivity contribution >= 4 is 10.9 Å². The summed E-state index contributed by atoms with van der Waals surface area (Å²) in [6.07, 6.45) is 6.00. The zero-order valence-electron chi connectivity index (χ0n) is 20.7. The zero-order valence-corrected chi connectivity index (χ0v) is 20.7. The van der Waals surface area contributed by atoms with Gasteiger partial charge in [-0.1, -0.05) is 13.0 Å². The number of rotatable bonds is 9. The SMILES string of the molecule is CCC(c1nnnn1Cc1ccco1)N(Cc1cccnc1)Cc1cc2cc(C)c(C)cc2[nH]c1=O. The molecular weight excluding hydrogens is 454 g/mol. The molecule has 0 aliphatic carbocycles. The normalized spacial score (nSPS) is 12.4. The molecule has 184 valence electrons. The molecule has 0 aliphatic rings. The van der Waals surface area contributed by atoms with E-state index in [0.717, 1.165) is 40.0 Å². The van der Waals surface area contributed by atoms with Crippen molar-refractivity contribution in [2.45, 2.75) is 52.9 Å². The van der Waals surface area contributed by atoms with E-state index in [4.69, 9.17) is 4.42 Å². The van der Waals surface area contributed by atoms with Crippen molar-refractivity contribution in [3.63, 3.8) is 0 Å². The number of tetrazole rings is 1. The summed E-state index contributed by atoms with van der Waals surface area (Å²) in [5.74, 6) is 1.50. The average molecular weight is 484 g/mol. The van der Waals surface area contributed by atoms with Gasteiger partial charge in [-0.25, -0.2) is 4.68 Å². The number of hydrogen-bond acceptors (Lipinski definition) is 7. The lowest BCUT2D eigenvalue weighted by Crippen LogP contribution is -2.32. The molecule has 5 rings (SSSR count). The van der Waals surface area contributed by atoms with Crippen molar-refractivity contribution in [1.29, 1.82) is 0 Å². The van der Waals surface area contributed by atoms with Gasteiger partial charge in [-0.15, -0.1) is 5.10 Å². The molecule has 0 spiro atoms. The Hall–Kier alpha value is -4.11. The second-order valence-electron chi connectivity index (χ2n) is 9.11. The van der Waals surface area contributed by atoms with E-state index in [0.29, 0.717) is 25.2 Å². The molecule has 4 aromatic heterocycles. The number of fused-ring (bicyclic) bond motifs is 1. The summed E-state index contributed by atoms with van der Waals surface area (Å²) >= 11 is 0. The van der Waals surface area contributed by atoms with Gasteiger partial charge in [-0.3, -0.25) is 14.7 Å². The van der Waals surface area contributed by atoms with Crippen LogP contribution in [0.1, 0.15) is 53.2 Å². The number of aromatic amines is 1. The summed E-state index contributed by atoms with van der Waals surface area (Å²) in [6.45, 7) is 7.69. The van der Waals surface area contributed by atoms with E-state index >= 15 is 0 Å². The number of nitrogens with one attached hydrogen (secondary N) is 1. The first-order valence-corrected chi connectivity index (χ1v) is 12.1. The first-order chi connectivity index (χ1) is 17.5. The summed E-state index contributed by atoms with van der Waals surface area (Å²) in [4.78, 5) is 22.7. The summed E-state index contributed by atoms with van der Waals surface area (Å²) in [5.41, 5.74) is 4.84. The van der Waals surface area contributed by atoms with E-state index < -0.39 is 0 Å². The predicted octanol–water partition coefficient (Wildman–Crippen LogP) is 4.32. The topological polar surface area (TPSA) is 106 Å². The first kappa shape index (κ1) is 23.6. The highest BCUT2D eigenvalue weighted by Gasteiger charge is 2.26. The molecule has 0 amide bonds. The van der Waals surface area contributed by atoms with Crippen LogP contribution in [0.4, 0.5) is 0 Å². The highest BCUT2D eigenvalue weighted by molar-refractivity contribution is 5.80. The van der Waals surface area contributed by atoms with E-state index in [2.05, 4.69) is 57.2 Å². The summed E-state index contributed by atoms with van der Waals surface area (Å²) in [5, 5.41) is 13.6. The molecule has 0 radical (unpaired) electrons. The third kappa shape index (κ3) is 4.96. The molecule has 1 aromatic carbocycles. The first-order valence-electron chi connectivity index (χ1n) is 12.1. The number of nitrogens with zero attached hydrogens (tertiary/aromatic N) is 6. The largest absolute Gasteiger partial charge is 0.467 e. The van der Waals surface area contributed by atoms with Crippen LogP contribution in [0.5, 0.6) is 0 Å². The van der Waals surface area contributed by atoms with E-state index in [9.17, 15) is 4.79 Å². The maximum absolute atomic E-state index is 13.1. The van der Waals surface area contributed by atoms with Crippen LogP contribution in [-0.2, 0) is 19.6 Å². The number of aromatic nitrogens is 6. The van der Waals surface area contributed by atoms with Gasteiger partial charge in [0, 0.05) is 36.6 Å². The fourth-order valence-electron chi connectivity index (χ4n) is 4.58. The Morgan fingerprint density at radius 3 is 2.72 bits per heavy atom. The molecule has 4 heterocycles. The molecule has 0 saturated carbocycles. The quantitative estimate of drug-likeness (QED) is 0.333. The monoisotopic (exact) mass is 483 g/mol. The predicted molar refractivity (Wildman–Crippen MR) is 136 cm³/mol. The molecule has 1 N–H and O–H groups in total. The van der Waals surface area contributed by atoms with Crippen LogP contribution in [0, 0.1) is 13.8 Å². The van der Waals surface area contributed by atoms with E-state index in [-0.39, 0.29) is 11.6 Å². The number of hydrogen-bond donors (Lipinski definition) is 1. The van der Waals surface area contributed by atoms with Gasteiger partial charge in [0.2, 0.25) is 0 Å². The zero-order chi connectivity index (χ0) is 25.1. The van der Waals surface area contributed by atoms with Crippen LogP contribution < -0.4 is 5.56 Å². The van der Waals surface area contributed by atoms with Crippen LogP contribution >= 0.6 is 0 Å². The van der Waals surface area contributed by atoms with Gasteiger partial charge < -0.3 is 9.40 Å². The molecule has 0 aliphatic heterocycles. The molecule has 1 atom stereocenters. The molecule has 1 unspecified atom stereocenters. The maximum Gasteiger partial charge on any atom is 0.252 e. The second-order valence-corrected chi connectivity index (χ2v) is 9.11. The van der Waals surface area contributed by atoms with Gasteiger partial charge in [0.05, 0.1) is 12.3 Å². The molecule has 9 heteroatoms. The van der Waals surface area contributed by atoms with Gasteiger partial charge in [0.15, 0.2) is 5.82 Å². The van der Waals surface area contributed by atoms with Crippen molar-refractivity contribution in [3.8, 4) is 0 Å². The minimum absolute atomic E-state index is 0.0908. The average Bonchev–Trinajstić information content (AvgIpc) is 3.55. The molecular formula is C27H29N7O2. The Balaban J connectivity index is 1.53. The summed E-state index contributed by atoms with van der Waals surface area (Å²) in [6, 6.07) is 13.7. The third-order valence-corrected chi connectivity index (χ3v) is 6.59. The number of benzene rings is 1. The van der Waals surface area contributed by atoms with Gasteiger partial charge in [-0.05, 0) is 89.2 Å². The molecule has 5 aromatic rings. The van der Waals surface area contributed by atoms with Crippen LogP contribution in [0.15, 0.2) is 70.3 Å². The lowest BCUT2D eigenvalue weighted by molar-refractivity contribution is 0.160. The van der Waals surface area contributed by atoms with Crippen molar-refractivity contribution in [2.75, 3.05) is 0 Å². The minimum Gasteiger partial charge on any atom is -0.467 e. The number of aryl methyl sites for hydroxylation is 2. The van der Waals surface area contributed by atoms with Crippen molar-refractivity contribution in [2.24, 2.45) is 0 Å². The highest BCUT2D eigenvalue weighted by atomic mass is 16.3. The fourth-order valence-corrected chi connectivity index (χ4v) is 4.58. The van der Waals surface area contributed by atoms with Crippen LogP contribution in [0.2, 0.25) is 0 Å². The molecule has 9 nitrogen and oxygen atoms in total. The van der Waals surface area contributed by atoms with Crippen LogP contribution in [-0.4, -0.2) is 35.1 Å². The van der Waals surface area contributed by atoms with E-state index in [1.54, 1.807) is 17.1 Å².